The van der Waals surface area contributed by atoms with Gasteiger partial charge in [0, 0.05) is 16.7 Å². The lowest BCUT2D eigenvalue weighted by Gasteiger charge is -2.28. The van der Waals surface area contributed by atoms with Crippen LogP contribution < -0.4 is 15.2 Å². The molecule has 6 heteroatoms. The zero-order valence-corrected chi connectivity index (χ0v) is 17.3. The van der Waals surface area contributed by atoms with Crippen molar-refractivity contribution in [2.45, 2.75) is 38.7 Å². The number of aromatic nitrogens is 2. The standard InChI is InChI=1S/C24H24N4O2/c1-24(2,3)21-20-19(17(13-25)22(26)30-23(20)28-27-21)16-11-7-8-12-18(16)29-14-15-9-5-4-6-10-15/h4-12,19H,14,26H2,1-3H3,(H,27,28)/t19-/m0/s1. The first-order chi connectivity index (χ1) is 14.4. The zero-order valence-electron chi connectivity index (χ0n) is 17.3. The summed E-state index contributed by atoms with van der Waals surface area (Å²) in [5.74, 6) is 0.735. The van der Waals surface area contributed by atoms with Gasteiger partial charge in [0.1, 0.15) is 24.0 Å². The largest absolute Gasteiger partial charge is 0.489 e. The number of H-pyrrole nitrogens is 1. The molecule has 0 saturated heterocycles. The number of nitrogens with zero attached hydrogens (tertiary/aromatic N) is 2. The fourth-order valence-electron chi connectivity index (χ4n) is 3.71. The van der Waals surface area contributed by atoms with Crippen molar-refractivity contribution in [1.29, 1.82) is 5.26 Å². The minimum atomic E-state index is -0.432. The van der Waals surface area contributed by atoms with Crippen LogP contribution in [0, 0.1) is 11.3 Å². The summed E-state index contributed by atoms with van der Waals surface area (Å²) in [4.78, 5) is 0. The van der Waals surface area contributed by atoms with Crippen molar-refractivity contribution < 1.29 is 9.47 Å². The molecule has 0 saturated carbocycles. The monoisotopic (exact) mass is 400 g/mol. The molecule has 0 aliphatic carbocycles. The van der Waals surface area contributed by atoms with Gasteiger partial charge in [-0.05, 0) is 11.6 Å². The van der Waals surface area contributed by atoms with Crippen LogP contribution in [0.4, 0.5) is 0 Å². The quantitative estimate of drug-likeness (QED) is 0.672. The molecule has 2 aromatic carbocycles. The van der Waals surface area contributed by atoms with Gasteiger partial charge in [0.15, 0.2) is 0 Å². The lowest BCUT2D eigenvalue weighted by atomic mass is 9.78. The smallest absolute Gasteiger partial charge is 0.244 e. The molecule has 0 unspecified atom stereocenters. The van der Waals surface area contributed by atoms with Crippen molar-refractivity contribution in [1.82, 2.24) is 10.2 Å². The second-order valence-electron chi connectivity index (χ2n) is 8.30. The Hall–Kier alpha value is -3.72. The molecule has 3 N–H and O–H groups in total. The van der Waals surface area contributed by atoms with Crippen molar-refractivity contribution in [2.24, 2.45) is 5.73 Å². The van der Waals surface area contributed by atoms with Crippen LogP contribution in [-0.2, 0) is 12.0 Å². The van der Waals surface area contributed by atoms with Crippen molar-refractivity contribution in [3.8, 4) is 17.7 Å². The van der Waals surface area contributed by atoms with Crippen LogP contribution in [0.1, 0.15) is 49.1 Å². The summed E-state index contributed by atoms with van der Waals surface area (Å²) in [5.41, 5.74) is 9.87. The predicted molar refractivity (Wildman–Crippen MR) is 114 cm³/mol. The lowest BCUT2D eigenvalue weighted by molar-refractivity contribution is 0.301. The van der Waals surface area contributed by atoms with Crippen LogP contribution in [0.15, 0.2) is 66.1 Å². The van der Waals surface area contributed by atoms with Gasteiger partial charge in [0.2, 0.25) is 11.8 Å². The molecule has 0 bridgehead atoms. The first kappa shape index (κ1) is 19.6. The van der Waals surface area contributed by atoms with Crippen LogP contribution in [0.5, 0.6) is 11.6 Å². The summed E-state index contributed by atoms with van der Waals surface area (Å²) >= 11 is 0. The molecule has 30 heavy (non-hydrogen) atoms. The molecule has 0 amide bonds. The molecule has 0 spiro atoms. The summed E-state index contributed by atoms with van der Waals surface area (Å²) in [5, 5.41) is 17.3. The molecule has 0 fully saturated rings. The Balaban J connectivity index is 1.82. The van der Waals surface area contributed by atoms with Crippen LogP contribution in [-0.4, -0.2) is 10.2 Å². The number of hydrogen-bond acceptors (Lipinski definition) is 5. The molecular weight excluding hydrogens is 376 g/mol. The van der Waals surface area contributed by atoms with E-state index < -0.39 is 5.92 Å². The van der Waals surface area contributed by atoms with Crippen molar-refractivity contribution >= 4 is 0 Å². The van der Waals surface area contributed by atoms with Crippen molar-refractivity contribution in [3.05, 3.63) is 88.4 Å². The van der Waals surface area contributed by atoms with Gasteiger partial charge in [0.25, 0.3) is 0 Å². The molecule has 0 radical (unpaired) electrons. The highest BCUT2D eigenvalue weighted by atomic mass is 16.5. The first-order valence-corrected chi connectivity index (χ1v) is 9.82. The maximum atomic E-state index is 9.91. The minimum Gasteiger partial charge on any atom is -0.489 e. The number of rotatable bonds is 4. The molecule has 3 aromatic rings. The van der Waals surface area contributed by atoms with E-state index in [0.29, 0.717) is 23.8 Å². The van der Waals surface area contributed by atoms with Crippen LogP contribution in [0.3, 0.4) is 0 Å². The number of nitriles is 1. The van der Waals surface area contributed by atoms with E-state index in [0.717, 1.165) is 22.4 Å². The van der Waals surface area contributed by atoms with Gasteiger partial charge in [-0.1, -0.05) is 69.3 Å². The molecule has 1 atom stereocenters. The third-order valence-electron chi connectivity index (χ3n) is 5.16. The van der Waals surface area contributed by atoms with E-state index in [1.54, 1.807) is 0 Å². The van der Waals surface area contributed by atoms with Crippen LogP contribution >= 0.6 is 0 Å². The molecule has 1 aliphatic heterocycles. The van der Waals surface area contributed by atoms with E-state index in [-0.39, 0.29) is 11.3 Å². The second kappa shape index (κ2) is 7.60. The third kappa shape index (κ3) is 3.50. The van der Waals surface area contributed by atoms with E-state index in [9.17, 15) is 5.26 Å². The Morgan fingerprint density at radius 1 is 1.13 bits per heavy atom. The van der Waals surface area contributed by atoms with Gasteiger partial charge < -0.3 is 15.2 Å². The Labute approximate surface area is 175 Å². The average Bonchev–Trinajstić information content (AvgIpc) is 3.16. The fourth-order valence-corrected chi connectivity index (χ4v) is 3.71. The molecule has 1 aromatic heterocycles. The highest BCUT2D eigenvalue weighted by molar-refractivity contribution is 5.59. The van der Waals surface area contributed by atoms with Crippen molar-refractivity contribution in [2.75, 3.05) is 0 Å². The summed E-state index contributed by atoms with van der Waals surface area (Å²) < 4.78 is 11.9. The number of hydrogen-bond donors (Lipinski definition) is 2. The Bertz CT molecular complexity index is 1130. The van der Waals surface area contributed by atoms with Gasteiger partial charge in [-0.25, -0.2) is 0 Å². The van der Waals surface area contributed by atoms with Crippen molar-refractivity contribution in [3.63, 3.8) is 0 Å². The minimum absolute atomic E-state index is 0.0693. The number of nitrogens with one attached hydrogen (secondary N) is 1. The zero-order chi connectivity index (χ0) is 21.3. The highest BCUT2D eigenvalue weighted by Gasteiger charge is 2.39. The average molecular weight is 400 g/mol. The summed E-state index contributed by atoms with van der Waals surface area (Å²) in [7, 11) is 0. The van der Waals surface area contributed by atoms with Gasteiger partial charge >= 0.3 is 0 Å². The fraction of sp³-hybridized carbons (Fsp3) is 0.250. The maximum absolute atomic E-state index is 9.91. The van der Waals surface area contributed by atoms with E-state index in [1.807, 2.05) is 54.6 Å². The molecule has 152 valence electrons. The van der Waals surface area contributed by atoms with E-state index >= 15 is 0 Å². The molecule has 1 aliphatic rings. The number of allylic oxidation sites excluding steroid dienone is 1. The Kier molecular flexibility index (Phi) is 4.96. The molecular formula is C24H24N4O2. The summed E-state index contributed by atoms with van der Waals surface area (Å²) in [6, 6.07) is 19.9. The van der Waals surface area contributed by atoms with Gasteiger partial charge in [-0.15, -0.1) is 5.10 Å². The van der Waals surface area contributed by atoms with E-state index in [2.05, 4.69) is 37.0 Å². The molecule has 4 rings (SSSR count). The number of aromatic amines is 1. The van der Waals surface area contributed by atoms with Crippen LogP contribution in [0.2, 0.25) is 0 Å². The highest BCUT2D eigenvalue weighted by Crippen LogP contribution is 2.47. The number of fused-ring (bicyclic) bond motifs is 1. The topological polar surface area (TPSA) is 97.0 Å². The summed E-state index contributed by atoms with van der Waals surface area (Å²) in [6.07, 6.45) is 0. The number of para-hydroxylation sites is 1. The normalized spacial score (nSPS) is 15.9. The molecule has 6 nitrogen and oxygen atoms in total. The number of ether oxygens (including phenoxy) is 2. The van der Waals surface area contributed by atoms with Gasteiger partial charge in [-0.2, -0.15) is 5.26 Å². The van der Waals surface area contributed by atoms with Gasteiger partial charge in [0.05, 0.1) is 11.5 Å². The van der Waals surface area contributed by atoms with Crippen LogP contribution in [0.25, 0.3) is 0 Å². The number of nitrogens with two attached hydrogens (primary N) is 1. The Morgan fingerprint density at radius 2 is 1.83 bits per heavy atom. The summed E-state index contributed by atoms with van der Waals surface area (Å²) in [6.45, 7) is 6.68. The second-order valence-corrected chi connectivity index (χ2v) is 8.30. The molecule has 2 heterocycles. The third-order valence-corrected chi connectivity index (χ3v) is 5.16. The maximum Gasteiger partial charge on any atom is 0.244 e. The lowest BCUT2D eigenvalue weighted by Crippen LogP contribution is -2.24. The van der Waals surface area contributed by atoms with E-state index in [1.165, 1.54) is 0 Å². The SMILES string of the molecule is CC(C)(C)c1[nH]nc2c1[C@@H](c1ccccc1OCc1ccccc1)C(C#N)=C(N)O2. The van der Waals surface area contributed by atoms with Gasteiger partial charge in [-0.3, -0.25) is 5.10 Å². The predicted octanol–water partition coefficient (Wildman–Crippen LogP) is 4.50. The first-order valence-electron chi connectivity index (χ1n) is 9.82. The Morgan fingerprint density at radius 3 is 2.53 bits per heavy atom. The number of benzene rings is 2. The van der Waals surface area contributed by atoms with E-state index in [4.69, 9.17) is 15.2 Å².